The molecule has 4 heteroatoms. The van der Waals surface area contributed by atoms with Crippen molar-refractivity contribution in [3.05, 3.63) is 51.1 Å². The molecule has 0 unspecified atom stereocenters. The summed E-state index contributed by atoms with van der Waals surface area (Å²) in [5.41, 5.74) is 3.05. The lowest BCUT2D eigenvalue weighted by Gasteiger charge is -2.72. The van der Waals surface area contributed by atoms with Crippen LogP contribution in [-0.2, 0) is 14.3 Å². The number of hydrogen-bond acceptors (Lipinski definition) is 3. The van der Waals surface area contributed by atoms with Gasteiger partial charge in [-0.1, -0.05) is 58.9 Å². The number of carbonyl (C=O) groups is 2. The maximum Gasteiger partial charge on any atom is 0.312 e. The summed E-state index contributed by atoms with van der Waals surface area (Å²) in [6, 6.07) is 8.53. The highest BCUT2D eigenvalue weighted by atomic mass is 127. The number of esters is 1. The first-order valence-electron chi connectivity index (χ1n) is 16.4. The maximum atomic E-state index is 14.1. The molecule has 1 aromatic carbocycles. The summed E-state index contributed by atoms with van der Waals surface area (Å²) in [6.45, 7) is 18.9. The monoisotopic (exact) mass is 682 g/mol. The Morgan fingerprint density at radius 1 is 0.976 bits per heavy atom. The molecular weight excluding hydrogens is 631 g/mol. The second kappa shape index (κ2) is 10.0. The Bertz CT molecular complexity index is 1360. The molecule has 0 saturated heterocycles. The van der Waals surface area contributed by atoms with E-state index in [0.717, 1.165) is 56.1 Å². The zero-order valence-electron chi connectivity index (χ0n) is 26.9. The smallest absolute Gasteiger partial charge is 0.312 e. The van der Waals surface area contributed by atoms with Crippen LogP contribution in [0.5, 0.6) is 0 Å². The third kappa shape index (κ3) is 4.01. The van der Waals surface area contributed by atoms with Crippen LogP contribution in [-0.4, -0.2) is 18.9 Å². The fourth-order valence-corrected chi connectivity index (χ4v) is 13.0. The van der Waals surface area contributed by atoms with Crippen molar-refractivity contribution in [2.45, 2.75) is 99.3 Å². The van der Waals surface area contributed by atoms with E-state index in [1.165, 1.54) is 22.0 Å². The van der Waals surface area contributed by atoms with Crippen molar-refractivity contribution in [1.82, 2.24) is 0 Å². The highest BCUT2D eigenvalue weighted by molar-refractivity contribution is 14.1. The Hall–Kier alpha value is -1.43. The Balaban J connectivity index is 1.42. The van der Waals surface area contributed by atoms with Crippen LogP contribution in [0.15, 0.2) is 42.0 Å². The van der Waals surface area contributed by atoms with Crippen LogP contribution in [0.3, 0.4) is 0 Å². The molecule has 5 aliphatic carbocycles. The lowest BCUT2D eigenvalue weighted by atomic mass is 9.32. The van der Waals surface area contributed by atoms with Gasteiger partial charge in [-0.2, -0.15) is 0 Å². The van der Waals surface area contributed by atoms with E-state index in [1.54, 1.807) is 7.11 Å². The number of fused-ring (bicyclic) bond motifs is 7. The first kappa shape index (κ1) is 30.6. The summed E-state index contributed by atoms with van der Waals surface area (Å²) in [5, 5.41) is 0. The van der Waals surface area contributed by atoms with Gasteiger partial charge in [0, 0.05) is 8.99 Å². The maximum absolute atomic E-state index is 14.1. The molecule has 0 N–H and O–H groups in total. The van der Waals surface area contributed by atoms with E-state index in [9.17, 15) is 9.59 Å². The molecule has 0 bridgehead atoms. The van der Waals surface area contributed by atoms with Crippen molar-refractivity contribution >= 4 is 40.4 Å². The molecule has 0 aromatic heterocycles. The number of carbonyl (C=O) groups excluding carboxylic acids is 2. The van der Waals surface area contributed by atoms with Gasteiger partial charge in [-0.3, -0.25) is 9.59 Å². The molecule has 6 rings (SSSR count). The van der Waals surface area contributed by atoms with Gasteiger partial charge in [-0.05, 0) is 162 Å². The minimum Gasteiger partial charge on any atom is -0.469 e. The average Bonchev–Trinajstić information content (AvgIpc) is 3.33. The molecule has 5 aliphatic rings. The van der Waals surface area contributed by atoms with Crippen LogP contribution in [0.4, 0.5) is 0 Å². The van der Waals surface area contributed by atoms with Crippen LogP contribution >= 0.6 is 22.6 Å². The molecule has 1 aromatic rings. The molecule has 5 saturated carbocycles. The van der Waals surface area contributed by atoms with Gasteiger partial charge in [0.1, 0.15) is 0 Å². The highest BCUT2D eigenvalue weighted by Gasteiger charge is 2.72. The minimum atomic E-state index is -0.372. The van der Waals surface area contributed by atoms with Crippen molar-refractivity contribution in [1.29, 1.82) is 0 Å². The van der Waals surface area contributed by atoms with Gasteiger partial charge in [0.15, 0.2) is 5.78 Å². The fourth-order valence-electron chi connectivity index (χ4n) is 12.5. The fraction of sp³-hybridized carbons (Fsp3) is 0.684. The van der Waals surface area contributed by atoms with Gasteiger partial charge in [-0.15, -0.1) is 0 Å². The summed E-state index contributed by atoms with van der Waals surface area (Å²) in [6.07, 6.45) is 11.7. The second-order valence-electron chi connectivity index (χ2n) is 16.3. The van der Waals surface area contributed by atoms with Crippen LogP contribution in [0, 0.1) is 60.2 Å². The molecule has 3 nitrogen and oxygen atoms in total. The third-order valence-corrected chi connectivity index (χ3v) is 15.1. The summed E-state index contributed by atoms with van der Waals surface area (Å²) in [7, 11) is 1.59. The highest BCUT2D eigenvalue weighted by Crippen LogP contribution is 2.77. The van der Waals surface area contributed by atoms with E-state index >= 15 is 0 Å². The van der Waals surface area contributed by atoms with Gasteiger partial charge < -0.3 is 4.74 Å². The van der Waals surface area contributed by atoms with Gasteiger partial charge >= 0.3 is 5.97 Å². The number of Topliss-reactive ketones (excluding diaryl/α,β-unsaturated/α-hetero) is 1. The molecule has 5 fully saturated rings. The molecule has 0 radical (unpaired) electrons. The Morgan fingerprint density at radius 3 is 2.38 bits per heavy atom. The van der Waals surface area contributed by atoms with Gasteiger partial charge in [-0.25, -0.2) is 0 Å². The lowest BCUT2D eigenvalue weighted by molar-refractivity contribution is -0.232. The number of benzene rings is 1. The van der Waals surface area contributed by atoms with Crippen molar-refractivity contribution in [2.75, 3.05) is 7.11 Å². The van der Waals surface area contributed by atoms with Crippen molar-refractivity contribution in [3.8, 4) is 0 Å². The normalized spacial score (nSPS) is 44.9. The van der Waals surface area contributed by atoms with Crippen LogP contribution < -0.4 is 0 Å². The number of ketones is 1. The first-order chi connectivity index (χ1) is 19.7. The van der Waals surface area contributed by atoms with Crippen LogP contribution in [0.25, 0.3) is 6.08 Å². The molecule has 0 amide bonds. The first-order valence-corrected chi connectivity index (χ1v) is 17.5. The number of allylic oxidation sites excluding steroid dienone is 2. The molecular formula is C38H51IO3. The number of rotatable bonds is 3. The van der Waals surface area contributed by atoms with Crippen molar-refractivity contribution in [2.24, 2.45) is 56.7 Å². The van der Waals surface area contributed by atoms with E-state index in [1.807, 2.05) is 0 Å². The minimum absolute atomic E-state index is 0.0270. The van der Waals surface area contributed by atoms with E-state index < -0.39 is 0 Å². The summed E-state index contributed by atoms with van der Waals surface area (Å²) < 4.78 is 6.75. The topological polar surface area (TPSA) is 43.4 Å². The summed E-state index contributed by atoms with van der Waals surface area (Å²) >= 11 is 2.36. The average molecular weight is 683 g/mol. The van der Waals surface area contributed by atoms with E-state index in [4.69, 9.17) is 4.74 Å². The predicted octanol–water partition coefficient (Wildman–Crippen LogP) is 9.68. The Morgan fingerprint density at radius 2 is 1.71 bits per heavy atom. The van der Waals surface area contributed by atoms with Crippen LogP contribution in [0.2, 0.25) is 0 Å². The molecule has 0 heterocycles. The molecule has 42 heavy (non-hydrogen) atoms. The van der Waals surface area contributed by atoms with Gasteiger partial charge in [0.2, 0.25) is 0 Å². The lowest BCUT2D eigenvalue weighted by Crippen LogP contribution is -2.67. The Labute approximate surface area is 267 Å². The molecule has 0 aliphatic heterocycles. The second-order valence-corrected chi connectivity index (χ2v) is 17.5. The summed E-state index contributed by atoms with van der Waals surface area (Å²) in [4.78, 5) is 27.6. The standard InChI is InChI=1S/C38H51IO3/c1-23(2)27-14-17-38(33(41)42-8)19-18-36(6)28(31(27)38)12-13-30-35(5)22-25(20-24-10-9-11-26(39)21-24)32(40)34(3,4)29(35)15-16-37(30,36)7/h9-11,20-21,27-31H,1,12-19,22H2,2-8H3/b25-20-/t27-,28+,29+,30+,31-,35-,36+,37+,38-/m0/s1. The van der Waals surface area contributed by atoms with Crippen molar-refractivity contribution in [3.63, 3.8) is 0 Å². The largest absolute Gasteiger partial charge is 0.469 e. The van der Waals surface area contributed by atoms with Crippen molar-refractivity contribution < 1.29 is 14.3 Å². The van der Waals surface area contributed by atoms with Crippen LogP contribution in [0.1, 0.15) is 105 Å². The number of methoxy groups -OCH3 is 1. The molecule has 228 valence electrons. The number of hydrogen-bond donors (Lipinski definition) is 0. The van der Waals surface area contributed by atoms with E-state index in [2.05, 4.69) is 101 Å². The van der Waals surface area contributed by atoms with Gasteiger partial charge in [0.25, 0.3) is 0 Å². The Kier molecular flexibility index (Phi) is 7.31. The SMILES string of the molecule is C=C(C)[C@@H]1CC[C@]2(C(=O)OC)CC[C@]3(C)[C@H](CC[C@@H]4[C@@]5(C)C/C(=C/c6cccc(I)c6)C(=O)C(C)(C)[C@H]5CC[C@]43C)[C@H]12. The molecule has 9 atom stereocenters. The third-order valence-electron chi connectivity index (χ3n) is 14.4. The predicted molar refractivity (Wildman–Crippen MR) is 179 cm³/mol. The quantitative estimate of drug-likeness (QED) is 0.138. The zero-order valence-corrected chi connectivity index (χ0v) is 29.1. The number of halogens is 1. The van der Waals surface area contributed by atoms with Gasteiger partial charge in [0.05, 0.1) is 12.5 Å². The van der Waals surface area contributed by atoms with E-state index in [-0.39, 0.29) is 33.0 Å². The zero-order chi connectivity index (χ0) is 30.5. The van der Waals surface area contributed by atoms with E-state index in [0.29, 0.717) is 35.4 Å². The molecule has 0 spiro atoms. The number of ether oxygens (including phenoxy) is 1. The summed E-state index contributed by atoms with van der Waals surface area (Å²) in [5.74, 6) is 2.53.